The van der Waals surface area contributed by atoms with Crippen LogP contribution in [0.1, 0.15) is 48.2 Å². The number of ketones is 1. The Hall–Kier alpha value is -2.82. The Morgan fingerprint density at radius 2 is 1.67 bits per heavy atom. The summed E-state index contributed by atoms with van der Waals surface area (Å²) >= 11 is 0. The van der Waals surface area contributed by atoms with Crippen molar-refractivity contribution in [3.05, 3.63) is 59.2 Å². The van der Waals surface area contributed by atoms with Gasteiger partial charge >= 0.3 is 5.97 Å². The van der Waals surface area contributed by atoms with E-state index in [9.17, 15) is 9.59 Å². The number of methoxy groups -OCH3 is 1. The van der Waals surface area contributed by atoms with E-state index in [1.54, 1.807) is 38.3 Å². The van der Waals surface area contributed by atoms with Crippen LogP contribution in [0, 0.1) is 6.92 Å². The maximum atomic E-state index is 12.4. The summed E-state index contributed by atoms with van der Waals surface area (Å²) in [6, 6.07) is 12.6. The van der Waals surface area contributed by atoms with E-state index in [4.69, 9.17) is 14.2 Å². The molecular weight excluding hydrogens is 344 g/mol. The highest BCUT2D eigenvalue weighted by molar-refractivity contribution is 6.00. The first-order chi connectivity index (χ1) is 12.8. The van der Waals surface area contributed by atoms with Crippen molar-refractivity contribution in [1.29, 1.82) is 0 Å². The number of Topliss-reactive ketones (excluding diaryl/α,β-unsaturated/α-hetero) is 1. The molecule has 0 fully saturated rings. The highest BCUT2D eigenvalue weighted by atomic mass is 16.6. The molecule has 0 aromatic heterocycles. The predicted molar refractivity (Wildman–Crippen MR) is 104 cm³/mol. The van der Waals surface area contributed by atoms with E-state index in [1.165, 1.54) is 0 Å². The van der Waals surface area contributed by atoms with Crippen molar-refractivity contribution in [1.82, 2.24) is 0 Å². The van der Waals surface area contributed by atoms with Crippen molar-refractivity contribution in [2.24, 2.45) is 0 Å². The van der Waals surface area contributed by atoms with Crippen LogP contribution in [0.3, 0.4) is 0 Å². The quantitative estimate of drug-likeness (QED) is 0.511. The molecule has 5 nitrogen and oxygen atoms in total. The molecule has 0 radical (unpaired) electrons. The van der Waals surface area contributed by atoms with Crippen LogP contribution in [0.25, 0.3) is 0 Å². The third-order valence-electron chi connectivity index (χ3n) is 4.19. The number of benzene rings is 2. The summed E-state index contributed by atoms with van der Waals surface area (Å²) in [5.74, 6) is 0.733. The van der Waals surface area contributed by atoms with Gasteiger partial charge in [0, 0.05) is 5.56 Å². The van der Waals surface area contributed by atoms with Crippen molar-refractivity contribution >= 4 is 11.8 Å². The summed E-state index contributed by atoms with van der Waals surface area (Å²) in [5, 5.41) is 0. The molecule has 0 heterocycles. The van der Waals surface area contributed by atoms with E-state index in [2.05, 4.69) is 13.8 Å². The van der Waals surface area contributed by atoms with Crippen molar-refractivity contribution in [2.75, 3.05) is 13.7 Å². The second-order valence-corrected chi connectivity index (χ2v) is 6.71. The molecule has 0 spiro atoms. The fourth-order valence-electron chi connectivity index (χ4n) is 2.65. The Labute approximate surface area is 160 Å². The molecule has 0 bridgehead atoms. The lowest BCUT2D eigenvalue weighted by atomic mass is 10.0. The number of carbonyl (C=O) groups is 2. The first-order valence-corrected chi connectivity index (χ1v) is 8.93. The van der Waals surface area contributed by atoms with Crippen LogP contribution in [-0.2, 0) is 9.53 Å². The van der Waals surface area contributed by atoms with Gasteiger partial charge in [0.2, 0.25) is 5.78 Å². The van der Waals surface area contributed by atoms with Crippen LogP contribution in [0.5, 0.6) is 11.5 Å². The van der Waals surface area contributed by atoms with E-state index < -0.39 is 12.1 Å². The molecule has 1 atom stereocenters. The monoisotopic (exact) mass is 370 g/mol. The molecule has 0 aliphatic carbocycles. The average Bonchev–Trinajstić information content (AvgIpc) is 2.65. The maximum Gasteiger partial charge on any atom is 0.344 e. The minimum absolute atomic E-state index is 0.247. The van der Waals surface area contributed by atoms with Gasteiger partial charge in [-0.25, -0.2) is 4.79 Å². The zero-order chi connectivity index (χ0) is 20.0. The van der Waals surface area contributed by atoms with Crippen LogP contribution in [0.4, 0.5) is 0 Å². The summed E-state index contributed by atoms with van der Waals surface area (Å²) < 4.78 is 16.0. The molecule has 2 aromatic carbocycles. The minimum Gasteiger partial charge on any atom is -0.497 e. The molecular formula is C22H26O5. The van der Waals surface area contributed by atoms with Crippen molar-refractivity contribution in [3.63, 3.8) is 0 Å². The number of aryl methyl sites for hydroxylation is 1. The van der Waals surface area contributed by atoms with Crippen molar-refractivity contribution in [2.45, 2.75) is 39.7 Å². The van der Waals surface area contributed by atoms with Crippen LogP contribution in [0.2, 0.25) is 0 Å². The molecule has 0 saturated heterocycles. The summed E-state index contributed by atoms with van der Waals surface area (Å²) in [6.07, 6.45) is -0.892. The number of ether oxygens (including phenoxy) is 3. The SMILES string of the molecule is COc1ccc(C(=O)[C@@H](C)OC(=O)COc2cc(C)ccc2C(C)C)cc1. The van der Waals surface area contributed by atoms with Gasteiger partial charge in [-0.05, 0) is 61.2 Å². The van der Waals surface area contributed by atoms with Gasteiger partial charge in [0.15, 0.2) is 12.7 Å². The van der Waals surface area contributed by atoms with E-state index >= 15 is 0 Å². The van der Waals surface area contributed by atoms with Crippen molar-refractivity contribution < 1.29 is 23.8 Å². The zero-order valence-corrected chi connectivity index (χ0v) is 16.4. The molecule has 2 rings (SSSR count). The first-order valence-electron chi connectivity index (χ1n) is 8.93. The topological polar surface area (TPSA) is 61.8 Å². The molecule has 2 aromatic rings. The van der Waals surface area contributed by atoms with Gasteiger partial charge in [-0.3, -0.25) is 4.79 Å². The van der Waals surface area contributed by atoms with Gasteiger partial charge in [0.05, 0.1) is 7.11 Å². The highest BCUT2D eigenvalue weighted by Gasteiger charge is 2.20. The molecule has 0 amide bonds. The van der Waals surface area contributed by atoms with Crippen LogP contribution in [-0.4, -0.2) is 31.6 Å². The number of hydrogen-bond acceptors (Lipinski definition) is 5. The molecule has 0 saturated carbocycles. The predicted octanol–water partition coefficient (Wildman–Crippen LogP) is 4.32. The summed E-state index contributed by atoms with van der Waals surface area (Å²) in [7, 11) is 1.56. The zero-order valence-electron chi connectivity index (χ0n) is 16.4. The summed E-state index contributed by atoms with van der Waals surface area (Å²) in [4.78, 5) is 24.5. The van der Waals surface area contributed by atoms with E-state index in [1.807, 2.05) is 25.1 Å². The average molecular weight is 370 g/mol. The van der Waals surface area contributed by atoms with Gasteiger partial charge in [-0.15, -0.1) is 0 Å². The second kappa shape index (κ2) is 9.21. The van der Waals surface area contributed by atoms with Gasteiger partial charge in [-0.2, -0.15) is 0 Å². The molecule has 144 valence electrons. The maximum absolute atomic E-state index is 12.4. The third-order valence-corrected chi connectivity index (χ3v) is 4.19. The fourth-order valence-corrected chi connectivity index (χ4v) is 2.65. The molecule has 0 aliphatic rings. The Morgan fingerprint density at radius 3 is 2.26 bits per heavy atom. The molecule has 5 heteroatoms. The van der Waals surface area contributed by atoms with E-state index in [0.717, 1.165) is 11.1 Å². The van der Waals surface area contributed by atoms with E-state index in [-0.39, 0.29) is 18.3 Å². The Bertz CT molecular complexity index is 793. The molecule has 0 aliphatic heterocycles. The largest absolute Gasteiger partial charge is 0.497 e. The molecule has 0 N–H and O–H groups in total. The standard InChI is InChI=1S/C22H26O5/c1-14(2)19-11-6-15(3)12-20(19)26-13-21(23)27-16(4)22(24)17-7-9-18(25-5)10-8-17/h6-12,14,16H,13H2,1-5H3/t16-/m1/s1. The Morgan fingerprint density at radius 1 is 1.00 bits per heavy atom. The second-order valence-electron chi connectivity index (χ2n) is 6.71. The minimum atomic E-state index is -0.892. The van der Waals surface area contributed by atoms with Gasteiger partial charge < -0.3 is 14.2 Å². The number of carbonyl (C=O) groups excluding carboxylic acids is 2. The van der Waals surface area contributed by atoms with Crippen LogP contribution < -0.4 is 9.47 Å². The first kappa shape index (κ1) is 20.5. The lowest BCUT2D eigenvalue weighted by Gasteiger charge is -2.16. The lowest BCUT2D eigenvalue weighted by molar-refractivity contribution is -0.148. The third kappa shape index (κ3) is 5.58. The number of hydrogen-bond donors (Lipinski definition) is 0. The Balaban J connectivity index is 1.95. The number of rotatable bonds is 8. The van der Waals surface area contributed by atoms with Gasteiger partial charge in [0.1, 0.15) is 11.5 Å². The van der Waals surface area contributed by atoms with Crippen LogP contribution >= 0.6 is 0 Å². The fraction of sp³-hybridized carbons (Fsp3) is 0.364. The van der Waals surface area contributed by atoms with Crippen LogP contribution in [0.15, 0.2) is 42.5 Å². The summed E-state index contributed by atoms with van der Waals surface area (Å²) in [6.45, 7) is 7.39. The van der Waals surface area contributed by atoms with E-state index in [0.29, 0.717) is 17.1 Å². The molecule has 0 unspecified atom stereocenters. The Kier molecular flexibility index (Phi) is 6.99. The summed E-state index contributed by atoms with van der Waals surface area (Å²) in [5.41, 5.74) is 2.53. The lowest BCUT2D eigenvalue weighted by Crippen LogP contribution is -2.27. The highest BCUT2D eigenvalue weighted by Crippen LogP contribution is 2.27. The van der Waals surface area contributed by atoms with Gasteiger partial charge in [0.25, 0.3) is 0 Å². The smallest absolute Gasteiger partial charge is 0.344 e. The van der Waals surface area contributed by atoms with Gasteiger partial charge in [-0.1, -0.05) is 26.0 Å². The van der Waals surface area contributed by atoms with Crippen molar-refractivity contribution in [3.8, 4) is 11.5 Å². The molecule has 27 heavy (non-hydrogen) atoms. The number of esters is 1. The normalized spacial score (nSPS) is 11.8.